The van der Waals surface area contributed by atoms with Crippen molar-refractivity contribution in [2.75, 3.05) is 13.7 Å². The van der Waals surface area contributed by atoms with Gasteiger partial charge in [0.15, 0.2) is 11.5 Å². The zero-order chi connectivity index (χ0) is 19.6. The van der Waals surface area contributed by atoms with Gasteiger partial charge in [-0.1, -0.05) is 18.2 Å². The van der Waals surface area contributed by atoms with E-state index in [-0.39, 0.29) is 24.0 Å². The first-order valence-corrected chi connectivity index (χ1v) is 8.32. The van der Waals surface area contributed by atoms with Crippen LogP contribution in [0.25, 0.3) is 6.08 Å². The smallest absolute Gasteiger partial charge is 0.387 e. The number of methoxy groups -OCH3 is 1. The monoisotopic (exact) mass is 377 g/mol. The summed E-state index contributed by atoms with van der Waals surface area (Å²) in [5, 5.41) is 2.72. The first-order valence-electron chi connectivity index (χ1n) is 8.32. The third-order valence-electron chi connectivity index (χ3n) is 3.53. The zero-order valence-corrected chi connectivity index (χ0v) is 15.1. The number of alkyl halides is 2. The highest BCUT2D eigenvalue weighted by atomic mass is 19.3. The fraction of sp³-hybridized carbons (Fsp3) is 0.250. The Morgan fingerprint density at radius 3 is 2.52 bits per heavy atom. The van der Waals surface area contributed by atoms with Crippen molar-refractivity contribution in [3.05, 3.63) is 59.7 Å². The number of rotatable bonds is 9. The highest BCUT2D eigenvalue weighted by Gasteiger charge is 2.11. The summed E-state index contributed by atoms with van der Waals surface area (Å²) in [5.41, 5.74) is 1.56. The summed E-state index contributed by atoms with van der Waals surface area (Å²) in [4.78, 5) is 11.9. The van der Waals surface area contributed by atoms with E-state index >= 15 is 0 Å². The first kappa shape index (κ1) is 20.2. The van der Waals surface area contributed by atoms with Gasteiger partial charge in [-0.25, -0.2) is 0 Å². The van der Waals surface area contributed by atoms with Crippen molar-refractivity contribution in [2.24, 2.45) is 0 Å². The Bertz CT molecular complexity index is 776. The van der Waals surface area contributed by atoms with Crippen LogP contribution < -0.4 is 19.5 Å². The SMILES string of the molecule is CCOc1ccc(/C=C/C(=O)NCc2ccc(OC(F)F)c(OC)c2)cc1. The average Bonchev–Trinajstić information content (AvgIpc) is 2.66. The van der Waals surface area contributed by atoms with Gasteiger partial charge in [0.25, 0.3) is 0 Å². The number of carbonyl (C=O) groups excluding carboxylic acids is 1. The Balaban J connectivity index is 1.90. The molecule has 0 fully saturated rings. The normalized spacial score (nSPS) is 10.9. The summed E-state index contributed by atoms with van der Waals surface area (Å²) in [5.74, 6) is 0.605. The van der Waals surface area contributed by atoms with E-state index in [2.05, 4.69) is 10.1 Å². The maximum Gasteiger partial charge on any atom is 0.387 e. The van der Waals surface area contributed by atoms with Crippen molar-refractivity contribution in [3.63, 3.8) is 0 Å². The third kappa shape index (κ3) is 6.62. The molecule has 2 aromatic rings. The van der Waals surface area contributed by atoms with Crippen LogP contribution in [0.15, 0.2) is 48.5 Å². The molecule has 2 rings (SSSR count). The number of halogens is 2. The largest absolute Gasteiger partial charge is 0.494 e. The molecule has 0 saturated carbocycles. The quantitative estimate of drug-likeness (QED) is 0.671. The minimum Gasteiger partial charge on any atom is -0.494 e. The van der Waals surface area contributed by atoms with Crippen molar-refractivity contribution in [1.29, 1.82) is 0 Å². The van der Waals surface area contributed by atoms with E-state index in [1.165, 1.54) is 25.3 Å². The lowest BCUT2D eigenvalue weighted by Gasteiger charge is -2.11. The molecule has 0 aliphatic carbocycles. The molecule has 144 valence electrons. The highest BCUT2D eigenvalue weighted by Crippen LogP contribution is 2.29. The van der Waals surface area contributed by atoms with Crippen LogP contribution in [-0.2, 0) is 11.3 Å². The molecule has 1 amide bonds. The average molecular weight is 377 g/mol. The number of nitrogens with one attached hydrogen (secondary N) is 1. The lowest BCUT2D eigenvalue weighted by molar-refractivity contribution is -0.116. The Morgan fingerprint density at radius 2 is 1.89 bits per heavy atom. The lowest BCUT2D eigenvalue weighted by Crippen LogP contribution is -2.20. The predicted octanol–water partition coefficient (Wildman–Crippen LogP) is 4.02. The van der Waals surface area contributed by atoms with Crippen LogP contribution in [0.4, 0.5) is 8.78 Å². The molecule has 0 aromatic heterocycles. The van der Waals surface area contributed by atoms with E-state index in [4.69, 9.17) is 9.47 Å². The Kier molecular flexibility index (Phi) is 7.61. The van der Waals surface area contributed by atoms with E-state index in [1.54, 1.807) is 12.1 Å². The van der Waals surface area contributed by atoms with Crippen LogP contribution in [0.2, 0.25) is 0 Å². The molecule has 5 nitrogen and oxygen atoms in total. The molecule has 0 heterocycles. The maximum absolute atomic E-state index is 12.3. The van der Waals surface area contributed by atoms with Gasteiger partial charge >= 0.3 is 6.61 Å². The third-order valence-corrected chi connectivity index (χ3v) is 3.53. The molecule has 2 aromatic carbocycles. The van der Waals surface area contributed by atoms with Gasteiger partial charge in [-0.2, -0.15) is 8.78 Å². The molecule has 0 saturated heterocycles. The number of hydrogen-bond acceptors (Lipinski definition) is 4. The Hall–Kier alpha value is -3.09. The van der Waals surface area contributed by atoms with Gasteiger partial charge in [0.2, 0.25) is 5.91 Å². The van der Waals surface area contributed by atoms with Gasteiger partial charge in [0, 0.05) is 12.6 Å². The number of hydrogen-bond donors (Lipinski definition) is 1. The lowest BCUT2D eigenvalue weighted by atomic mass is 10.2. The second-order valence-corrected chi connectivity index (χ2v) is 5.42. The van der Waals surface area contributed by atoms with E-state index in [0.717, 1.165) is 11.3 Å². The molecule has 0 radical (unpaired) electrons. The van der Waals surface area contributed by atoms with Crippen molar-refractivity contribution in [2.45, 2.75) is 20.1 Å². The van der Waals surface area contributed by atoms with Crippen molar-refractivity contribution >= 4 is 12.0 Å². The van der Waals surface area contributed by atoms with E-state index < -0.39 is 6.61 Å². The summed E-state index contributed by atoms with van der Waals surface area (Å²) in [6.45, 7) is -0.208. The maximum atomic E-state index is 12.3. The second-order valence-electron chi connectivity index (χ2n) is 5.42. The van der Waals surface area contributed by atoms with Crippen LogP contribution in [0, 0.1) is 0 Å². The number of ether oxygens (including phenoxy) is 3. The van der Waals surface area contributed by atoms with Crippen LogP contribution in [0.5, 0.6) is 17.2 Å². The van der Waals surface area contributed by atoms with Crippen molar-refractivity contribution in [3.8, 4) is 17.2 Å². The topological polar surface area (TPSA) is 56.8 Å². The van der Waals surface area contributed by atoms with Crippen molar-refractivity contribution in [1.82, 2.24) is 5.32 Å². The van der Waals surface area contributed by atoms with Gasteiger partial charge in [-0.05, 0) is 48.4 Å². The van der Waals surface area contributed by atoms with Crippen molar-refractivity contribution < 1.29 is 27.8 Å². The van der Waals surface area contributed by atoms with Crippen LogP contribution in [0.3, 0.4) is 0 Å². The fourth-order valence-electron chi connectivity index (χ4n) is 2.28. The standard InChI is InChI=1S/C20H21F2NO4/c1-3-26-16-8-4-14(5-9-16)7-11-19(24)23-13-15-6-10-17(27-20(21)22)18(12-15)25-2/h4-12,20H,3,13H2,1-2H3,(H,23,24)/b11-7+. The van der Waals surface area contributed by atoms with Crippen LogP contribution in [-0.4, -0.2) is 26.2 Å². The zero-order valence-electron chi connectivity index (χ0n) is 15.1. The first-order chi connectivity index (χ1) is 13.0. The minimum atomic E-state index is -2.93. The highest BCUT2D eigenvalue weighted by molar-refractivity contribution is 5.91. The Labute approximate surface area is 156 Å². The molecule has 0 atom stereocenters. The fourth-order valence-corrected chi connectivity index (χ4v) is 2.28. The van der Waals surface area contributed by atoms with Gasteiger partial charge < -0.3 is 19.5 Å². The molecule has 0 spiro atoms. The van der Waals surface area contributed by atoms with E-state index in [1.807, 2.05) is 31.2 Å². The molecule has 0 aliphatic heterocycles. The summed E-state index contributed by atoms with van der Waals surface area (Å²) in [6.07, 6.45) is 3.10. The van der Waals surface area contributed by atoms with E-state index in [0.29, 0.717) is 12.2 Å². The number of carbonyl (C=O) groups is 1. The Morgan fingerprint density at radius 1 is 1.15 bits per heavy atom. The molecule has 0 bridgehead atoms. The van der Waals surface area contributed by atoms with Gasteiger partial charge in [-0.15, -0.1) is 0 Å². The summed E-state index contributed by atoms with van der Waals surface area (Å²) in [7, 11) is 1.36. The van der Waals surface area contributed by atoms with Crippen LogP contribution >= 0.6 is 0 Å². The van der Waals surface area contributed by atoms with Gasteiger partial charge in [-0.3, -0.25) is 4.79 Å². The molecule has 27 heavy (non-hydrogen) atoms. The van der Waals surface area contributed by atoms with E-state index in [9.17, 15) is 13.6 Å². The van der Waals surface area contributed by atoms with Gasteiger partial charge in [0.05, 0.1) is 13.7 Å². The molecule has 0 unspecified atom stereocenters. The number of amides is 1. The minimum absolute atomic E-state index is 0.0574. The summed E-state index contributed by atoms with van der Waals surface area (Å²) >= 11 is 0. The van der Waals surface area contributed by atoms with Gasteiger partial charge in [0.1, 0.15) is 5.75 Å². The second kappa shape index (κ2) is 10.2. The molecule has 1 N–H and O–H groups in total. The molecular weight excluding hydrogens is 356 g/mol. The van der Waals surface area contributed by atoms with Crippen LogP contribution in [0.1, 0.15) is 18.1 Å². The number of benzene rings is 2. The summed E-state index contributed by atoms with van der Waals surface area (Å²) < 4.78 is 39.4. The molecule has 0 aliphatic rings. The molecular formula is C20H21F2NO4. The summed E-state index contributed by atoms with van der Waals surface area (Å²) in [6, 6.07) is 11.8. The molecule has 7 heteroatoms. The predicted molar refractivity (Wildman–Crippen MR) is 98.1 cm³/mol.